The van der Waals surface area contributed by atoms with Gasteiger partial charge in [0, 0.05) is 16.2 Å². The molecule has 0 aliphatic carbocycles. The van der Waals surface area contributed by atoms with E-state index >= 15 is 0 Å². The quantitative estimate of drug-likeness (QED) is 0.901. The molecule has 2 unspecified atom stereocenters. The molecule has 0 aromatic heterocycles. The fraction of sp³-hybridized carbons (Fsp3) is 0.462. The Bertz CT molecular complexity index is 457. The predicted octanol–water partition coefficient (Wildman–Crippen LogP) is 2.78. The van der Waals surface area contributed by atoms with Crippen LogP contribution >= 0.6 is 15.9 Å². The van der Waals surface area contributed by atoms with Gasteiger partial charge in [-0.15, -0.1) is 0 Å². The molecular formula is C13H17BrN2O. The fourth-order valence-corrected chi connectivity index (χ4v) is 2.90. The van der Waals surface area contributed by atoms with Crippen molar-refractivity contribution in [2.75, 3.05) is 5.32 Å². The topological polar surface area (TPSA) is 55.1 Å². The van der Waals surface area contributed by atoms with Crippen LogP contribution in [0.25, 0.3) is 0 Å². The molecule has 2 atom stereocenters. The summed E-state index contributed by atoms with van der Waals surface area (Å²) in [4.78, 5) is 11.9. The van der Waals surface area contributed by atoms with E-state index in [2.05, 4.69) is 21.2 Å². The van der Waals surface area contributed by atoms with E-state index in [4.69, 9.17) is 5.73 Å². The molecule has 0 spiro atoms. The molecule has 17 heavy (non-hydrogen) atoms. The van der Waals surface area contributed by atoms with Crippen molar-refractivity contribution in [3.8, 4) is 0 Å². The lowest BCUT2D eigenvalue weighted by atomic mass is 9.95. The number of nitrogens with one attached hydrogen (secondary N) is 1. The van der Waals surface area contributed by atoms with Gasteiger partial charge in [-0.2, -0.15) is 0 Å². The molecule has 3 N–H and O–H groups in total. The van der Waals surface area contributed by atoms with Crippen LogP contribution < -0.4 is 11.1 Å². The van der Waals surface area contributed by atoms with Gasteiger partial charge in [0.1, 0.15) is 0 Å². The minimum atomic E-state index is -0.0191. The molecule has 0 fully saturated rings. The average molecular weight is 297 g/mol. The lowest BCUT2D eigenvalue weighted by molar-refractivity contribution is -0.117. The second-order valence-corrected chi connectivity index (χ2v) is 5.58. The Labute approximate surface area is 110 Å². The Morgan fingerprint density at radius 3 is 2.82 bits per heavy atom. The summed E-state index contributed by atoms with van der Waals surface area (Å²) in [6.07, 6.45) is 1.60. The number of carbonyl (C=O) groups is 1. The molecule has 0 saturated carbocycles. The van der Waals surface area contributed by atoms with E-state index in [1.807, 2.05) is 26.0 Å². The second kappa shape index (κ2) is 4.78. The first-order valence-corrected chi connectivity index (χ1v) is 6.71. The van der Waals surface area contributed by atoms with Crippen molar-refractivity contribution < 1.29 is 4.79 Å². The number of amides is 1. The Balaban J connectivity index is 2.48. The van der Waals surface area contributed by atoms with Crippen molar-refractivity contribution in [2.24, 2.45) is 5.73 Å². The summed E-state index contributed by atoms with van der Waals surface area (Å²) in [5.74, 6) is 0.0841. The first-order chi connectivity index (χ1) is 8.02. The number of halogens is 1. The maximum Gasteiger partial charge on any atom is 0.232 e. The van der Waals surface area contributed by atoms with Crippen molar-refractivity contribution in [3.05, 3.63) is 27.7 Å². The molecule has 1 heterocycles. The molecule has 92 valence electrons. The number of rotatable bonds is 3. The molecule has 0 saturated heterocycles. The highest BCUT2D eigenvalue weighted by Gasteiger charge is 2.31. The number of hydrogen-bond donors (Lipinski definition) is 2. The number of fused-ring (bicyclic) bond motifs is 1. The van der Waals surface area contributed by atoms with Gasteiger partial charge in [-0.05, 0) is 43.0 Å². The van der Waals surface area contributed by atoms with Crippen LogP contribution in [0.2, 0.25) is 0 Å². The van der Waals surface area contributed by atoms with Crippen molar-refractivity contribution >= 4 is 27.5 Å². The van der Waals surface area contributed by atoms with Gasteiger partial charge in [-0.1, -0.05) is 22.9 Å². The fourth-order valence-electron chi connectivity index (χ4n) is 2.38. The number of anilines is 1. The zero-order valence-corrected chi connectivity index (χ0v) is 11.7. The predicted molar refractivity (Wildman–Crippen MR) is 73.2 cm³/mol. The van der Waals surface area contributed by atoms with Gasteiger partial charge in [0.15, 0.2) is 0 Å². The molecule has 1 amide bonds. The zero-order chi connectivity index (χ0) is 12.6. The number of benzene rings is 1. The monoisotopic (exact) mass is 296 g/mol. The minimum absolute atomic E-state index is 0.0191. The SMILES string of the molecule is CCC1C(=O)Nc2c(CC(C)N)cc(Br)cc21. The largest absolute Gasteiger partial charge is 0.328 e. The van der Waals surface area contributed by atoms with Crippen LogP contribution in [0.15, 0.2) is 16.6 Å². The van der Waals surface area contributed by atoms with Gasteiger partial charge in [-0.25, -0.2) is 0 Å². The van der Waals surface area contributed by atoms with E-state index in [0.717, 1.165) is 34.1 Å². The third-order valence-corrected chi connectivity index (χ3v) is 3.56. The lowest BCUT2D eigenvalue weighted by Crippen LogP contribution is -2.18. The van der Waals surface area contributed by atoms with E-state index in [1.165, 1.54) is 0 Å². The highest BCUT2D eigenvalue weighted by atomic mass is 79.9. The standard InChI is InChI=1S/C13H17BrN2O/c1-3-10-11-6-9(14)5-8(4-7(2)15)12(11)16-13(10)17/h5-7,10H,3-4,15H2,1-2H3,(H,16,17). The van der Waals surface area contributed by atoms with Crippen molar-refractivity contribution in [3.63, 3.8) is 0 Å². The second-order valence-electron chi connectivity index (χ2n) is 4.66. The van der Waals surface area contributed by atoms with Crippen molar-refractivity contribution in [1.82, 2.24) is 0 Å². The van der Waals surface area contributed by atoms with E-state index < -0.39 is 0 Å². The molecular weight excluding hydrogens is 280 g/mol. The zero-order valence-electron chi connectivity index (χ0n) is 10.1. The summed E-state index contributed by atoms with van der Waals surface area (Å²) in [5, 5.41) is 2.98. The lowest BCUT2D eigenvalue weighted by Gasteiger charge is -2.12. The number of nitrogens with two attached hydrogens (primary N) is 1. The Hall–Kier alpha value is -0.870. The van der Waals surface area contributed by atoms with Gasteiger partial charge >= 0.3 is 0 Å². The molecule has 3 nitrogen and oxygen atoms in total. The first kappa shape index (κ1) is 12.6. The molecule has 0 radical (unpaired) electrons. The summed E-state index contributed by atoms with van der Waals surface area (Å²) in [6.45, 7) is 4.01. The van der Waals surface area contributed by atoms with Crippen LogP contribution in [0.1, 0.15) is 37.3 Å². The van der Waals surface area contributed by atoms with Crippen LogP contribution in [0.4, 0.5) is 5.69 Å². The maximum atomic E-state index is 11.9. The molecule has 1 aromatic carbocycles. The van der Waals surface area contributed by atoms with Crippen LogP contribution in [0, 0.1) is 0 Å². The highest BCUT2D eigenvalue weighted by molar-refractivity contribution is 9.10. The summed E-state index contributed by atoms with van der Waals surface area (Å²) in [7, 11) is 0. The minimum Gasteiger partial charge on any atom is -0.328 e. The normalized spacial score (nSPS) is 20.0. The Kier molecular flexibility index (Phi) is 3.54. The van der Waals surface area contributed by atoms with E-state index in [0.29, 0.717) is 0 Å². The van der Waals surface area contributed by atoms with E-state index in [-0.39, 0.29) is 17.9 Å². The summed E-state index contributed by atoms with van der Waals surface area (Å²) in [5.41, 5.74) is 9.04. The maximum absolute atomic E-state index is 11.9. The molecule has 1 aliphatic rings. The Morgan fingerprint density at radius 2 is 2.24 bits per heavy atom. The molecule has 2 rings (SSSR count). The van der Waals surface area contributed by atoms with Crippen molar-refractivity contribution in [2.45, 2.75) is 38.6 Å². The summed E-state index contributed by atoms with van der Waals surface area (Å²) in [6, 6.07) is 4.16. The molecule has 1 aliphatic heterocycles. The van der Waals surface area contributed by atoms with Gasteiger partial charge < -0.3 is 11.1 Å². The van der Waals surface area contributed by atoms with E-state index in [9.17, 15) is 4.79 Å². The summed E-state index contributed by atoms with van der Waals surface area (Å²) >= 11 is 3.50. The smallest absolute Gasteiger partial charge is 0.232 e. The molecule has 1 aromatic rings. The van der Waals surface area contributed by atoms with Gasteiger partial charge in [0.05, 0.1) is 5.92 Å². The summed E-state index contributed by atoms with van der Waals surface area (Å²) < 4.78 is 1.02. The van der Waals surface area contributed by atoms with Crippen LogP contribution in [-0.4, -0.2) is 11.9 Å². The Morgan fingerprint density at radius 1 is 1.53 bits per heavy atom. The van der Waals surface area contributed by atoms with Crippen LogP contribution in [-0.2, 0) is 11.2 Å². The van der Waals surface area contributed by atoms with Gasteiger partial charge in [0.25, 0.3) is 0 Å². The molecule has 4 heteroatoms. The highest BCUT2D eigenvalue weighted by Crippen LogP contribution is 2.39. The number of hydrogen-bond acceptors (Lipinski definition) is 2. The molecule has 0 bridgehead atoms. The van der Waals surface area contributed by atoms with E-state index in [1.54, 1.807) is 0 Å². The third kappa shape index (κ3) is 2.38. The number of carbonyl (C=O) groups excluding carboxylic acids is 1. The third-order valence-electron chi connectivity index (χ3n) is 3.11. The van der Waals surface area contributed by atoms with Crippen molar-refractivity contribution in [1.29, 1.82) is 0 Å². The van der Waals surface area contributed by atoms with Crippen LogP contribution in [0.5, 0.6) is 0 Å². The first-order valence-electron chi connectivity index (χ1n) is 5.91. The van der Waals surface area contributed by atoms with Gasteiger partial charge in [-0.3, -0.25) is 4.79 Å². The average Bonchev–Trinajstić information content (AvgIpc) is 2.53. The van der Waals surface area contributed by atoms with Gasteiger partial charge in [0.2, 0.25) is 5.91 Å². The van der Waals surface area contributed by atoms with Crippen LogP contribution in [0.3, 0.4) is 0 Å².